The third-order valence-corrected chi connectivity index (χ3v) is 3.48. The zero-order valence-corrected chi connectivity index (χ0v) is 11.8. The second-order valence-electron chi connectivity index (χ2n) is 5.16. The highest BCUT2D eigenvalue weighted by molar-refractivity contribution is 5.67. The predicted molar refractivity (Wildman–Crippen MR) is 81.2 cm³/mol. The Morgan fingerprint density at radius 1 is 1.05 bits per heavy atom. The van der Waals surface area contributed by atoms with Crippen molar-refractivity contribution in [3.8, 4) is 11.1 Å². The molecule has 0 aliphatic rings. The van der Waals surface area contributed by atoms with Crippen LogP contribution >= 0.6 is 0 Å². The minimum atomic E-state index is -0.225. The molecule has 0 spiro atoms. The fourth-order valence-electron chi connectivity index (χ4n) is 2.47. The minimum absolute atomic E-state index is 0.225. The normalized spacial score (nSPS) is 12.4. The van der Waals surface area contributed by atoms with Crippen LogP contribution in [0.25, 0.3) is 11.1 Å². The van der Waals surface area contributed by atoms with Gasteiger partial charge in [-0.15, -0.1) is 0 Å². The van der Waals surface area contributed by atoms with Crippen molar-refractivity contribution in [3.63, 3.8) is 0 Å². The van der Waals surface area contributed by atoms with E-state index in [1.54, 1.807) is 0 Å². The van der Waals surface area contributed by atoms with Crippen LogP contribution in [0, 0.1) is 6.92 Å². The molecule has 2 aromatic carbocycles. The molecule has 2 aromatic rings. The average molecular weight is 254 g/mol. The summed E-state index contributed by atoms with van der Waals surface area (Å²) in [6.45, 7) is 4.24. The number of benzene rings is 2. The molecule has 0 saturated carbocycles. The highest BCUT2D eigenvalue weighted by atomic mass is 16.3. The zero-order chi connectivity index (χ0) is 13.7. The van der Waals surface area contributed by atoms with Gasteiger partial charge in [0.1, 0.15) is 0 Å². The number of aryl methyl sites for hydroxylation is 1. The smallest absolute Gasteiger partial charge is 0.0580 e. The average Bonchev–Trinajstić information content (AvgIpc) is 2.40. The van der Waals surface area contributed by atoms with Crippen LogP contribution < -0.4 is 0 Å². The number of hydrogen-bond acceptors (Lipinski definition) is 1. The van der Waals surface area contributed by atoms with Gasteiger partial charge in [-0.05, 0) is 42.0 Å². The van der Waals surface area contributed by atoms with E-state index in [0.29, 0.717) is 0 Å². The van der Waals surface area contributed by atoms with Crippen molar-refractivity contribution in [3.05, 3.63) is 59.7 Å². The Kier molecular flexibility index (Phi) is 4.75. The first kappa shape index (κ1) is 13.8. The molecule has 0 saturated heterocycles. The maximum Gasteiger partial charge on any atom is 0.0580 e. The SMILES string of the molecule is CCCC(O)Cc1cccc(-c2ccccc2C)c1. The van der Waals surface area contributed by atoms with E-state index in [2.05, 4.69) is 62.4 Å². The Labute approximate surface area is 115 Å². The van der Waals surface area contributed by atoms with Gasteiger partial charge >= 0.3 is 0 Å². The summed E-state index contributed by atoms with van der Waals surface area (Å²) in [4.78, 5) is 0. The van der Waals surface area contributed by atoms with Gasteiger partial charge in [0.15, 0.2) is 0 Å². The maximum absolute atomic E-state index is 9.92. The van der Waals surface area contributed by atoms with E-state index in [9.17, 15) is 5.11 Å². The van der Waals surface area contributed by atoms with Crippen LogP contribution in [0.2, 0.25) is 0 Å². The largest absolute Gasteiger partial charge is 0.393 e. The Hall–Kier alpha value is -1.60. The summed E-state index contributed by atoms with van der Waals surface area (Å²) < 4.78 is 0. The van der Waals surface area contributed by atoms with E-state index < -0.39 is 0 Å². The minimum Gasteiger partial charge on any atom is -0.393 e. The standard InChI is InChI=1S/C18H22O/c1-3-7-17(19)13-15-9-6-10-16(12-15)18-11-5-4-8-14(18)2/h4-6,8-12,17,19H,3,7,13H2,1-2H3. The van der Waals surface area contributed by atoms with E-state index in [1.807, 2.05) is 0 Å². The topological polar surface area (TPSA) is 20.2 Å². The molecular formula is C18H22O. The maximum atomic E-state index is 9.92. The van der Waals surface area contributed by atoms with Gasteiger partial charge < -0.3 is 5.11 Å². The highest BCUT2D eigenvalue weighted by Crippen LogP contribution is 2.24. The van der Waals surface area contributed by atoms with Crippen molar-refractivity contribution in [1.82, 2.24) is 0 Å². The summed E-state index contributed by atoms with van der Waals surface area (Å²) in [6, 6.07) is 16.9. The molecule has 19 heavy (non-hydrogen) atoms. The molecule has 1 nitrogen and oxygen atoms in total. The van der Waals surface area contributed by atoms with E-state index in [0.717, 1.165) is 19.3 Å². The quantitative estimate of drug-likeness (QED) is 0.840. The molecule has 1 heteroatoms. The van der Waals surface area contributed by atoms with Gasteiger partial charge in [0.2, 0.25) is 0 Å². The van der Waals surface area contributed by atoms with Crippen LogP contribution in [0.3, 0.4) is 0 Å². The van der Waals surface area contributed by atoms with Gasteiger partial charge in [0, 0.05) is 0 Å². The van der Waals surface area contributed by atoms with Crippen molar-refractivity contribution in [2.45, 2.75) is 39.2 Å². The first-order valence-electron chi connectivity index (χ1n) is 7.03. The lowest BCUT2D eigenvalue weighted by atomic mass is 9.96. The number of hydrogen-bond donors (Lipinski definition) is 1. The molecular weight excluding hydrogens is 232 g/mol. The number of aliphatic hydroxyl groups is 1. The summed E-state index contributed by atoms with van der Waals surface area (Å²) in [5.41, 5.74) is 5.00. The molecule has 1 unspecified atom stereocenters. The Morgan fingerprint density at radius 2 is 1.84 bits per heavy atom. The van der Waals surface area contributed by atoms with Crippen molar-refractivity contribution in [1.29, 1.82) is 0 Å². The molecule has 0 fully saturated rings. The molecule has 0 aliphatic heterocycles. The fourth-order valence-corrected chi connectivity index (χ4v) is 2.47. The molecule has 0 heterocycles. The lowest BCUT2D eigenvalue weighted by Crippen LogP contribution is -2.09. The van der Waals surface area contributed by atoms with Gasteiger partial charge in [-0.1, -0.05) is 61.9 Å². The second kappa shape index (κ2) is 6.53. The molecule has 1 atom stereocenters. The van der Waals surface area contributed by atoms with Gasteiger partial charge in [-0.25, -0.2) is 0 Å². The van der Waals surface area contributed by atoms with Crippen LogP contribution in [0.1, 0.15) is 30.9 Å². The van der Waals surface area contributed by atoms with Crippen molar-refractivity contribution in [2.75, 3.05) is 0 Å². The first-order valence-corrected chi connectivity index (χ1v) is 7.03. The van der Waals surface area contributed by atoms with Crippen molar-refractivity contribution < 1.29 is 5.11 Å². The summed E-state index contributed by atoms with van der Waals surface area (Å²) in [7, 11) is 0. The van der Waals surface area contributed by atoms with E-state index in [4.69, 9.17) is 0 Å². The number of rotatable bonds is 5. The lowest BCUT2D eigenvalue weighted by Gasteiger charge is -2.11. The van der Waals surface area contributed by atoms with Crippen LogP contribution in [0.15, 0.2) is 48.5 Å². The van der Waals surface area contributed by atoms with Gasteiger partial charge in [0.05, 0.1) is 6.10 Å². The highest BCUT2D eigenvalue weighted by Gasteiger charge is 2.06. The van der Waals surface area contributed by atoms with Crippen LogP contribution in [-0.2, 0) is 6.42 Å². The van der Waals surface area contributed by atoms with Crippen molar-refractivity contribution >= 4 is 0 Å². The summed E-state index contributed by atoms with van der Waals surface area (Å²) >= 11 is 0. The lowest BCUT2D eigenvalue weighted by molar-refractivity contribution is 0.164. The second-order valence-corrected chi connectivity index (χ2v) is 5.16. The Morgan fingerprint density at radius 3 is 2.58 bits per heavy atom. The molecule has 0 amide bonds. The molecule has 0 aliphatic carbocycles. The van der Waals surface area contributed by atoms with E-state index in [-0.39, 0.29) is 6.10 Å². The summed E-state index contributed by atoms with van der Waals surface area (Å²) in [5.74, 6) is 0. The molecule has 0 aromatic heterocycles. The van der Waals surface area contributed by atoms with Crippen molar-refractivity contribution in [2.24, 2.45) is 0 Å². The van der Waals surface area contributed by atoms with Gasteiger partial charge in [0.25, 0.3) is 0 Å². The number of aliphatic hydroxyl groups excluding tert-OH is 1. The Bertz CT molecular complexity index is 531. The molecule has 2 rings (SSSR count). The molecule has 0 bridgehead atoms. The summed E-state index contributed by atoms with van der Waals surface area (Å²) in [5, 5.41) is 9.92. The summed E-state index contributed by atoms with van der Waals surface area (Å²) in [6.07, 6.45) is 2.41. The first-order chi connectivity index (χ1) is 9.20. The third-order valence-electron chi connectivity index (χ3n) is 3.48. The monoisotopic (exact) mass is 254 g/mol. The zero-order valence-electron chi connectivity index (χ0n) is 11.8. The van der Waals surface area contributed by atoms with Gasteiger partial charge in [-0.2, -0.15) is 0 Å². The fraction of sp³-hybridized carbons (Fsp3) is 0.333. The van der Waals surface area contributed by atoms with Crippen LogP contribution in [0.5, 0.6) is 0 Å². The molecule has 0 radical (unpaired) electrons. The predicted octanol–water partition coefficient (Wildman–Crippen LogP) is 4.37. The van der Waals surface area contributed by atoms with Crippen LogP contribution in [0.4, 0.5) is 0 Å². The van der Waals surface area contributed by atoms with E-state index >= 15 is 0 Å². The van der Waals surface area contributed by atoms with Crippen LogP contribution in [-0.4, -0.2) is 11.2 Å². The molecule has 100 valence electrons. The Balaban J connectivity index is 2.22. The third kappa shape index (κ3) is 3.68. The van der Waals surface area contributed by atoms with Gasteiger partial charge in [-0.3, -0.25) is 0 Å². The molecule has 1 N–H and O–H groups in total. The van der Waals surface area contributed by atoms with E-state index in [1.165, 1.54) is 22.3 Å².